The molecule has 0 radical (unpaired) electrons. The number of thiophene rings is 1. The van der Waals surface area contributed by atoms with Crippen molar-refractivity contribution in [1.82, 2.24) is 0 Å². The van der Waals surface area contributed by atoms with Crippen molar-refractivity contribution in [3.8, 4) is 11.1 Å². The van der Waals surface area contributed by atoms with Gasteiger partial charge in [-0.05, 0) is 19.1 Å². The molecule has 3 aromatic carbocycles. The maximum Gasteiger partial charge on any atom is 0.277 e. The number of fused-ring (bicyclic) bond motifs is 3. The highest BCUT2D eigenvalue weighted by molar-refractivity contribution is 7.26. The average Bonchev–Trinajstić information content (AvgIpc) is 2.93. The smallest absolute Gasteiger partial charge is 0.258 e. The monoisotopic (exact) mass is 319 g/mol. The zero-order valence-electron chi connectivity index (χ0n) is 12.4. The predicted octanol–water partition coefficient (Wildman–Crippen LogP) is 5.94. The Bertz CT molecular complexity index is 1070. The second kappa shape index (κ2) is 5.18. The van der Waals surface area contributed by atoms with Gasteiger partial charge in [-0.3, -0.25) is 10.1 Å². The molecule has 0 saturated carbocycles. The number of hydrogen-bond donors (Lipinski definition) is 0. The highest BCUT2D eigenvalue weighted by Gasteiger charge is 2.18. The zero-order chi connectivity index (χ0) is 16.0. The van der Waals surface area contributed by atoms with Crippen molar-refractivity contribution in [3.05, 3.63) is 76.3 Å². The van der Waals surface area contributed by atoms with Gasteiger partial charge in [0.25, 0.3) is 5.69 Å². The summed E-state index contributed by atoms with van der Waals surface area (Å²) in [5.41, 5.74) is 2.79. The van der Waals surface area contributed by atoms with E-state index in [1.165, 1.54) is 10.1 Å². The fourth-order valence-corrected chi connectivity index (χ4v) is 4.21. The second-order valence-electron chi connectivity index (χ2n) is 5.56. The lowest BCUT2D eigenvalue weighted by molar-refractivity contribution is -0.384. The van der Waals surface area contributed by atoms with Gasteiger partial charge in [0.2, 0.25) is 0 Å². The summed E-state index contributed by atoms with van der Waals surface area (Å²) < 4.78 is 2.30. The molecular formula is C19H13NO2S. The molecule has 0 bridgehead atoms. The number of rotatable bonds is 2. The van der Waals surface area contributed by atoms with Crippen LogP contribution in [0.4, 0.5) is 5.69 Å². The normalized spacial score (nSPS) is 11.2. The molecule has 0 fully saturated rings. The first-order valence-corrected chi connectivity index (χ1v) is 8.12. The summed E-state index contributed by atoms with van der Waals surface area (Å²) in [6, 6.07) is 19.5. The van der Waals surface area contributed by atoms with Crippen LogP contribution in [0, 0.1) is 17.0 Å². The maximum absolute atomic E-state index is 11.4. The minimum Gasteiger partial charge on any atom is -0.258 e. The lowest BCUT2D eigenvalue weighted by atomic mass is 9.99. The molecular weight excluding hydrogens is 306 g/mol. The van der Waals surface area contributed by atoms with Crippen LogP contribution in [-0.4, -0.2) is 4.92 Å². The first-order valence-electron chi connectivity index (χ1n) is 7.31. The van der Waals surface area contributed by atoms with E-state index in [0.717, 1.165) is 21.2 Å². The summed E-state index contributed by atoms with van der Waals surface area (Å²) in [5, 5.41) is 13.8. The van der Waals surface area contributed by atoms with Gasteiger partial charge in [0.15, 0.2) is 0 Å². The Balaban J connectivity index is 2.11. The summed E-state index contributed by atoms with van der Waals surface area (Å²) in [6.45, 7) is 1.96. The van der Waals surface area contributed by atoms with E-state index in [4.69, 9.17) is 0 Å². The molecule has 4 heteroatoms. The first-order chi connectivity index (χ1) is 11.1. The number of aryl methyl sites for hydroxylation is 1. The van der Waals surface area contributed by atoms with Crippen LogP contribution in [0.2, 0.25) is 0 Å². The van der Waals surface area contributed by atoms with Gasteiger partial charge in [-0.2, -0.15) is 0 Å². The molecule has 4 aromatic rings. The van der Waals surface area contributed by atoms with Gasteiger partial charge >= 0.3 is 0 Å². The highest BCUT2D eigenvalue weighted by atomic mass is 32.1. The maximum atomic E-state index is 11.4. The molecule has 3 nitrogen and oxygen atoms in total. The summed E-state index contributed by atoms with van der Waals surface area (Å²) in [4.78, 5) is 11.1. The molecule has 0 N–H and O–H groups in total. The molecule has 112 valence electrons. The van der Waals surface area contributed by atoms with Gasteiger partial charge in [-0.25, -0.2) is 0 Å². The molecule has 4 rings (SSSR count). The van der Waals surface area contributed by atoms with E-state index in [1.807, 2.05) is 37.3 Å². The van der Waals surface area contributed by atoms with Crippen LogP contribution in [0.5, 0.6) is 0 Å². The molecule has 0 aliphatic carbocycles. The van der Waals surface area contributed by atoms with E-state index in [-0.39, 0.29) is 10.6 Å². The molecule has 0 aliphatic heterocycles. The number of hydrogen-bond acceptors (Lipinski definition) is 3. The van der Waals surface area contributed by atoms with Crippen LogP contribution < -0.4 is 0 Å². The van der Waals surface area contributed by atoms with Gasteiger partial charge in [-0.1, -0.05) is 48.0 Å². The Morgan fingerprint density at radius 1 is 0.913 bits per heavy atom. The number of nitro groups is 1. The molecule has 0 amide bonds. The Hall–Kier alpha value is -2.72. The van der Waals surface area contributed by atoms with E-state index in [1.54, 1.807) is 23.5 Å². The third-order valence-electron chi connectivity index (χ3n) is 4.04. The first kappa shape index (κ1) is 13.9. The average molecular weight is 319 g/mol. The molecule has 0 atom stereocenters. The van der Waals surface area contributed by atoms with Crippen LogP contribution >= 0.6 is 11.3 Å². The standard InChI is InChI=1S/C19H13NO2S/c1-12-9-10-17(20(21)22)16(11-12)15-7-4-6-14-13-5-2-3-8-18(13)23-19(14)15/h2-11H,1H3. The largest absolute Gasteiger partial charge is 0.277 e. The Labute approximate surface area is 137 Å². The van der Waals surface area contributed by atoms with Crippen LogP contribution in [0.1, 0.15) is 5.56 Å². The van der Waals surface area contributed by atoms with Crippen molar-refractivity contribution in [1.29, 1.82) is 0 Å². The van der Waals surface area contributed by atoms with Crippen LogP contribution in [0.3, 0.4) is 0 Å². The van der Waals surface area contributed by atoms with Crippen LogP contribution in [-0.2, 0) is 0 Å². The van der Waals surface area contributed by atoms with Crippen molar-refractivity contribution >= 4 is 37.2 Å². The third-order valence-corrected chi connectivity index (χ3v) is 5.26. The van der Waals surface area contributed by atoms with Gasteiger partial charge in [0.05, 0.1) is 10.5 Å². The van der Waals surface area contributed by atoms with Gasteiger partial charge in [-0.15, -0.1) is 11.3 Å². The van der Waals surface area contributed by atoms with Gasteiger partial charge < -0.3 is 0 Å². The van der Waals surface area contributed by atoms with E-state index < -0.39 is 0 Å². The topological polar surface area (TPSA) is 43.1 Å². The predicted molar refractivity (Wildman–Crippen MR) is 96.2 cm³/mol. The Morgan fingerprint density at radius 3 is 2.52 bits per heavy atom. The Kier molecular flexibility index (Phi) is 3.13. The summed E-state index contributed by atoms with van der Waals surface area (Å²) in [6.07, 6.45) is 0. The minimum absolute atomic E-state index is 0.153. The zero-order valence-corrected chi connectivity index (χ0v) is 13.3. The van der Waals surface area contributed by atoms with Gasteiger partial charge in [0, 0.05) is 31.8 Å². The lowest BCUT2D eigenvalue weighted by Crippen LogP contribution is -1.92. The second-order valence-corrected chi connectivity index (χ2v) is 6.61. The number of nitro benzene ring substituents is 1. The fraction of sp³-hybridized carbons (Fsp3) is 0.0526. The van der Waals surface area contributed by atoms with Crippen molar-refractivity contribution in [3.63, 3.8) is 0 Å². The summed E-state index contributed by atoms with van der Waals surface area (Å²) in [7, 11) is 0. The van der Waals surface area contributed by atoms with Crippen LogP contribution in [0.15, 0.2) is 60.7 Å². The van der Waals surface area contributed by atoms with Crippen molar-refractivity contribution in [2.24, 2.45) is 0 Å². The van der Waals surface area contributed by atoms with Crippen molar-refractivity contribution in [2.45, 2.75) is 6.92 Å². The molecule has 1 aromatic heterocycles. The SMILES string of the molecule is Cc1ccc([N+](=O)[O-])c(-c2cccc3c2sc2ccccc23)c1. The molecule has 0 aliphatic rings. The lowest BCUT2D eigenvalue weighted by Gasteiger charge is -2.06. The third kappa shape index (κ3) is 2.19. The van der Waals surface area contributed by atoms with Gasteiger partial charge in [0.1, 0.15) is 0 Å². The molecule has 1 heterocycles. The summed E-state index contributed by atoms with van der Waals surface area (Å²) >= 11 is 1.69. The molecule has 23 heavy (non-hydrogen) atoms. The fourth-order valence-electron chi connectivity index (χ4n) is 2.98. The van der Waals surface area contributed by atoms with E-state index in [2.05, 4.69) is 18.2 Å². The minimum atomic E-state index is -0.305. The molecule has 0 unspecified atom stereocenters. The molecule has 0 saturated heterocycles. The quantitative estimate of drug-likeness (QED) is 0.339. The molecule has 0 spiro atoms. The van der Waals surface area contributed by atoms with Crippen LogP contribution in [0.25, 0.3) is 31.3 Å². The number of benzene rings is 3. The van der Waals surface area contributed by atoms with E-state index >= 15 is 0 Å². The Morgan fingerprint density at radius 2 is 1.70 bits per heavy atom. The highest BCUT2D eigenvalue weighted by Crippen LogP contribution is 2.42. The van der Waals surface area contributed by atoms with E-state index in [9.17, 15) is 10.1 Å². The summed E-state index contributed by atoms with van der Waals surface area (Å²) in [5.74, 6) is 0. The number of nitrogens with zero attached hydrogens (tertiary/aromatic N) is 1. The van der Waals surface area contributed by atoms with E-state index in [0.29, 0.717) is 5.56 Å². The van der Waals surface area contributed by atoms with Crippen molar-refractivity contribution < 1.29 is 4.92 Å². The van der Waals surface area contributed by atoms with Crippen molar-refractivity contribution in [2.75, 3.05) is 0 Å².